The molecule has 6 aromatic rings. The van der Waals surface area contributed by atoms with E-state index in [0.717, 1.165) is 10.8 Å². The zero-order valence-electron chi connectivity index (χ0n) is 22.4. The van der Waals surface area contributed by atoms with Crippen LogP contribution in [0.1, 0.15) is 17.0 Å². The molecule has 2 aromatic carbocycles. The summed E-state index contributed by atoms with van der Waals surface area (Å²) in [5.74, 6) is 0.167. The van der Waals surface area contributed by atoms with Crippen molar-refractivity contribution in [1.29, 1.82) is 0 Å². The molecule has 42 heavy (non-hydrogen) atoms. The Kier molecular flexibility index (Phi) is 7.99. The Bertz CT molecular complexity index is 1980. The summed E-state index contributed by atoms with van der Waals surface area (Å²) in [5.41, 5.74) is 2.68. The largest absolute Gasteiger partial charge is 0.337 e. The summed E-state index contributed by atoms with van der Waals surface area (Å²) < 4.78 is 65.3. The molecule has 2 N–H and O–H groups in total. The number of benzene rings is 2. The molecule has 0 radical (unpaired) electrons. The maximum Gasteiger partial charge on any atom is 0.266 e. The van der Waals surface area contributed by atoms with Gasteiger partial charge in [-0.15, -0.1) is 0 Å². The van der Waals surface area contributed by atoms with Crippen molar-refractivity contribution in [1.82, 2.24) is 20.3 Å². The Balaban J connectivity index is 0.000000168. The number of pyridine rings is 2. The summed E-state index contributed by atoms with van der Waals surface area (Å²) >= 11 is 3.23. The van der Waals surface area contributed by atoms with Crippen LogP contribution in [0.2, 0.25) is 0 Å². The topological polar surface area (TPSA) is 170 Å². The highest BCUT2D eigenvalue weighted by atomic mass is 79.9. The molecule has 0 aliphatic rings. The molecule has 0 aliphatic carbocycles. The molecule has 4 heterocycles. The van der Waals surface area contributed by atoms with E-state index in [1.54, 1.807) is 69.6 Å². The molecule has 12 nitrogen and oxygen atoms in total. The number of nitrogens with zero attached hydrogens (tertiary/aromatic N) is 4. The molecule has 0 spiro atoms. The maximum atomic E-state index is 12.5. The van der Waals surface area contributed by atoms with Gasteiger partial charge in [0.1, 0.15) is 14.3 Å². The number of hydrogen-bond acceptors (Lipinski definition) is 10. The SMILES string of the molecule is Cc1noc(NS(=O)(=O)c2cccc3cccnc23)c1Br.Cc1noc(NS(=O)(=O)c2cccc3cccnc23)c1C. The van der Waals surface area contributed by atoms with Crippen LogP contribution >= 0.6 is 15.9 Å². The lowest BCUT2D eigenvalue weighted by Gasteiger charge is -2.08. The maximum absolute atomic E-state index is 12.5. The molecule has 0 saturated heterocycles. The fourth-order valence-electron chi connectivity index (χ4n) is 3.87. The Labute approximate surface area is 249 Å². The van der Waals surface area contributed by atoms with Crippen LogP contribution in [0.5, 0.6) is 0 Å². The molecule has 0 unspecified atom stereocenters. The van der Waals surface area contributed by atoms with Gasteiger partial charge in [-0.3, -0.25) is 9.97 Å². The van der Waals surface area contributed by atoms with E-state index in [1.165, 1.54) is 12.1 Å². The predicted molar refractivity (Wildman–Crippen MR) is 160 cm³/mol. The van der Waals surface area contributed by atoms with Crippen LogP contribution in [0.25, 0.3) is 21.8 Å². The fourth-order valence-corrected chi connectivity index (χ4v) is 6.65. The van der Waals surface area contributed by atoms with Crippen molar-refractivity contribution in [2.24, 2.45) is 0 Å². The van der Waals surface area contributed by atoms with E-state index < -0.39 is 20.0 Å². The molecule has 15 heteroatoms. The summed E-state index contributed by atoms with van der Waals surface area (Å²) in [4.78, 5) is 8.48. The normalized spacial score (nSPS) is 11.7. The zero-order chi connectivity index (χ0) is 30.1. The average molecular weight is 672 g/mol. The van der Waals surface area contributed by atoms with Crippen molar-refractivity contribution in [2.75, 3.05) is 9.44 Å². The summed E-state index contributed by atoms with van der Waals surface area (Å²) in [6, 6.07) is 17.1. The first-order valence-electron chi connectivity index (χ1n) is 12.3. The van der Waals surface area contributed by atoms with Crippen molar-refractivity contribution in [3.8, 4) is 0 Å². The van der Waals surface area contributed by atoms with Gasteiger partial charge in [-0.2, -0.15) is 0 Å². The number of aryl methyl sites for hydroxylation is 2. The number of nitrogens with one attached hydrogen (secondary N) is 2. The van der Waals surface area contributed by atoms with Gasteiger partial charge in [-0.05, 0) is 61.0 Å². The van der Waals surface area contributed by atoms with E-state index in [1.807, 2.05) is 12.1 Å². The van der Waals surface area contributed by atoms with Crippen molar-refractivity contribution in [2.45, 2.75) is 30.6 Å². The van der Waals surface area contributed by atoms with Crippen LogP contribution in [-0.2, 0) is 20.0 Å². The van der Waals surface area contributed by atoms with Gasteiger partial charge < -0.3 is 9.05 Å². The van der Waals surface area contributed by atoms with Crippen LogP contribution in [0.3, 0.4) is 0 Å². The standard InChI is InChI=1S/C14H13N3O3S.C13H10BrN3O3S/c1-9-10(2)16-20-14(9)17-21(18,19)12-7-3-5-11-6-4-8-15-13(11)12;1-8-11(14)13(20-16-8)17-21(18,19)10-6-2-4-9-5-3-7-15-12(9)10/h3-8,17H,1-2H3;2-7,17H,1H3. The third kappa shape index (κ3) is 5.84. The van der Waals surface area contributed by atoms with Gasteiger partial charge in [0.25, 0.3) is 25.9 Å². The molecule has 0 fully saturated rings. The second kappa shape index (κ2) is 11.5. The van der Waals surface area contributed by atoms with Crippen molar-refractivity contribution in [3.63, 3.8) is 0 Å². The lowest BCUT2D eigenvalue weighted by Crippen LogP contribution is -2.14. The molecule has 4 aromatic heterocycles. The van der Waals surface area contributed by atoms with Crippen LogP contribution in [-0.4, -0.2) is 37.1 Å². The number of para-hydroxylation sites is 2. The van der Waals surface area contributed by atoms with Gasteiger partial charge in [0.15, 0.2) is 0 Å². The lowest BCUT2D eigenvalue weighted by molar-refractivity contribution is 0.430. The Morgan fingerprint density at radius 3 is 1.55 bits per heavy atom. The predicted octanol–water partition coefficient (Wildman–Crippen LogP) is 5.73. The van der Waals surface area contributed by atoms with E-state index >= 15 is 0 Å². The summed E-state index contributed by atoms with van der Waals surface area (Å²) in [5, 5.41) is 8.93. The molecule has 0 bridgehead atoms. The Morgan fingerprint density at radius 1 is 0.643 bits per heavy atom. The number of halogens is 1. The highest BCUT2D eigenvalue weighted by Crippen LogP contribution is 2.29. The smallest absolute Gasteiger partial charge is 0.266 e. The summed E-state index contributed by atoms with van der Waals surface area (Å²) in [6.07, 6.45) is 3.11. The first-order valence-corrected chi connectivity index (χ1v) is 16.0. The van der Waals surface area contributed by atoms with E-state index in [4.69, 9.17) is 9.05 Å². The summed E-state index contributed by atoms with van der Waals surface area (Å²) in [7, 11) is -7.62. The van der Waals surface area contributed by atoms with Gasteiger partial charge >= 0.3 is 0 Å². The quantitative estimate of drug-likeness (QED) is 0.223. The molecular weight excluding hydrogens is 648 g/mol. The molecular formula is C27H23BrN6O6S2. The van der Waals surface area contributed by atoms with Crippen LogP contribution in [0, 0.1) is 20.8 Å². The number of sulfonamides is 2. The van der Waals surface area contributed by atoms with E-state index in [9.17, 15) is 16.8 Å². The van der Waals surface area contributed by atoms with E-state index in [2.05, 4.69) is 45.7 Å². The minimum Gasteiger partial charge on any atom is -0.337 e. The number of anilines is 2. The molecule has 0 saturated carbocycles. The third-order valence-electron chi connectivity index (χ3n) is 6.17. The molecule has 0 aliphatic heterocycles. The second-order valence-electron chi connectivity index (χ2n) is 9.01. The van der Waals surface area contributed by atoms with Crippen LogP contribution in [0.15, 0.2) is 96.4 Å². The van der Waals surface area contributed by atoms with Crippen molar-refractivity contribution >= 4 is 69.6 Å². The number of fused-ring (bicyclic) bond motifs is 2. The average Bonchev–Trinajstić information content (AvgIpc) is 3.46. The number of aromatic nitrogens is 4. The summed E-state index contributed by atoms with van der Waals surface area (Å²) in [6.45, 7) is 5.19. The molecule has 0 amide bonds. The van der Waals surface area contributed by atoms with Crippen LogP contribution in [0.4, 0.5) is 11.8 Å². The highest BCUT2D eigenvalue weighted by molar-refractivity contribution is 9.10. The fraction of sp³-hybridized carbons (Fsp3) is 0.111. The minimum atomic E-state index is -3.83. The molecule has 6 rings (SSSR count). The van der Waals surface area contributed by atoms with Gasteiger partial charge in [-0.25, -0.2) is 26.3 Å². The van der Waals surface area contributed by atoms with E-state index in [-0.39, 0.29) is 21.6 Å². The first kappa shape index (κ1) is 29.2. The third-order valence-corrected chi connectivity index (χ3v) is 9.83. The molecule has 216 valence electrons. The number of rotatable bonds is 6. The molecule has 0 atom stereocenters. The van der Waals surface area contributed by atoms with E-state index in [0.29, 0.717) is 32.5 Å². The van der Waals surface area contributed by atoms with Crippen LogP contribution < -0.4 is 9.44 Å². The van der Waals surface area contributed by atoms with Crippen molar-refractivity contribution < 1.29 is 25.9 Å². The van der Waals surface area contributed by atoms with Gasteiger partial charge in [0.2, 0.25) is 5.88 Å². The van der Waals surface area contributed by atoms with Gasteiger partial charge in [0, 0.05) is 28.7 Å². The Hall–Kier alpha value is -4.34. The lowest BCUT2D eigenvalue weighted by atomic mass is 10.2. The first-order chi connectivity index (χ1) is 20.0. The number of hydrogen-bond donors (Lipinski definition) is 2. The Morgan fingerprint density at radius 2 is 1.10 bits per heavy atom. The van der Waals surface area contributed by atoms with Gasteiger partial charge in [0.05, 0.1) is 22.4 Å². The minimum absolute atomic E-state index is 0.0421. The second-order valence-corrected chi connectivity index (χ2v) is 13.1. The van der Waals surface area contributed by atoms with Crippen molar-refractivity contribution in [3.05, 3.63) is 94.5 Å². The monoisotopic (exact) mass is 670 g/mol. The zero-order valence-corrected chi connectivity index (χ0v) is 25.6. The highest BCUT2D eigenvalue weighted by Gasteiger charge is 2.23. The van der Waals surface area contributed by atoms with Gasteiger partial charge in [-0.1, -0.05) is 46.7 Å².